The van der Waals surface area contributed by atoms with E-state index in [1.807, 2.05) is 0 Å². The largest absolute Gasteiger partial charge is 0.469 e. The molecule has 118 valence electrons. The summed E-state index contributed by atoms with van der Waals surface area (Å²) in [6.45, 7) is 3.29. The van der Waals surface area contributed by atoms with E-state index in [1.165, 1.54) is 7.11 Å². The summed E-state index contributed by atoms with van der Waals surface area (Å²) >= 11 is 0. The Bertz CT molecular complexity index is 440. The van der Waals surface area contributed by atoms with E-state index in [1.54, 1.807) is 0 Å². The number of carbonyl (C=O) groups is 2. The molecule has 1 spiro atoms. The first-order valence-electron chi connectivity index (χ1n) is 7.90. The molecule has 2 aliphatic carbocycles. The Morgan fingerprint density at radius 3 is 2.71 bits per heavy atom. The standard InChI is InChI=1S/C16H24O5/c1-15-7-8-16(20-9-10-21-16)12(4-6-14(18)19-2)11(15)3-5-13(15)17/h11-12H,3-10H2,1-2H3/t11-,12-,15-/m0/s1. The van der Waals surface area contributed by atoms with Gasteiger partial charge in [-0.25, -0.2) is 0 Å². The number of fused-ring (bicyclic) bond motifs is 1. The van der Waals surface area contributed by atoms with Crippen LogP contribution in [0.1, 0.15) is 45.4 Å². The maximum Gasteiger partial charge on any atom is 0.305 e. The number of esters is 1. The molecule has 2 saturated carbocycles. The van der Waals surface area contributed by atoms with Gasteiger partial charge in [-0.15, -0.1) is 0 Å². The maximum atomic E-state index is 12.3. The van der Waals surface area contributed by atoms with Crippen molar-refractivity contribution in [3.05, 3.63) is 0 Å². The van der Waals surface area contributed by atoms with Crippen LogP contribution in [0.4, 0.5) is 0 Å². The molecule has 5 heteroatoms. The normalized spacial score (nSPS) is 37.7. The summed E-state index contributed by atoms with van der Waals surface area (Å²) in [5.74, 6) is -0.0722. The molecule has 0 unspecified atom stereocenters. The summed E-state index contributed by atoms with van der Waals surface area (Å²) in [7, 11) is 1.41. The molecular weight excluding hydrogens is 272 g/mol. The van der Waals surface area contributed by atoms with Gasteiger partial charge in [-0.2, -0.15) is 0 Å². The second-order valence-electron chi connectivity index (χ2n) is 6.72. The van der Waals surface area contributed by atoms with Crippen LogP contribution in [0, 0.1) is 17.3 Å². The van der Waals surface area contributed by atoms with Crippen molar-refractivity contribution in [2.75, 3.05) is 20.3 Å². The monoisotopic (exact) mass is 296 g/mol. The van der Waals surface area contributed by atoms with Crippen LogP contribution in [0.5, 0.6) is 0 Å². The molecule has 1 aliphatic heterocycles. The number of Topliss-reactive ketones (excluding diaryl/α,β-unsaturated/α-hetero) is 1. The fourth-order valence-electron chi connectivity index (χ4n) is 4.62. The Balaban J connectivity index is 1.84. The van der Waals surface area contributed by atoms with Gasteiger partial charge in [0.25, 0.3) is 0 Å². The van der Waals surface area contributed by atoms with E-state index in [9.17, 15) is 9.59 Å². The van der Waals surface area contributed by atoms with Gasteiger partial charge in [0.15, 0.2) is 5.79 Å². The molecule has 5 nitrogen and oxygen atoms in total. The number of carbonyl (C=O) groups excluding carboxylic acids is 2. The smallest absolute Gasteiger partial charge is 0.305 e. The Labute approximate surface area is 125 Å². The molecule has 3 fully saturated rings. The number of ketones is 1. The van der Waals surface area contributed by atoms with Crippen molar-refractivity contribution in [2.45, 2.75) is 51.2 Å². The van der Waals surface area contributed by atoms with E-state index in [0.29, 0.717) is 38.3 Å². The summed E-state index contributed by atoms with van der Waals surface area (Å²) in [6.07, 6.45) is 4.13. The van der Waals surface area contributed by atoms with Crippen molar-refractivity contribution >= 4 is 11.8 Å². The Hall–Kier alpha value is -0.940. The van der Waals surface area contributed by atoms with Gasteiger partial charge in [-0.05, 0) is 25.2 Å². The van der Waals surface area contributed by atoms with E-state index in [2.05, 4.69) is 6.92 Å². The molecule has 3 atom stereocenters. The van der Waals surface area contributed by atoms with E-state index >= 15 is 0 Å². The van der Waals surface area contributed by atoms with Gasteiger partial charge >= 0.3 is 5.97 Å². The molecule has 0 aromatic heterocycles. The highest BCUT2D eigenvalue weighted by atomic mass is 16.7. The van der Waals surface area contributed by atoms with Crippen LogP contribution < -0.4 is 0 Å². The second kappa shape index (κ2) is 5.36. The van der Waals surface area contributed by atoms with Crippen molar-refractivity contribution in [1.29, 1.82) is 0 Å². The molecule has 1 heterocycles. The minimum Gasteiger partial charge on any atom is -0.469 e. The molecule has 3 rings (SSSR count). The lowest BCUT2D eigenvalue weighted by molar-refractivity contribution is -0.242. The van der Waals surface area contributed by atoms with Crippen LogP contribution in [0.2, 0.25) is 0 Å². The van der Waals surface area contributed by atoms with E-state index in [4.69, 9.17) is 14.2 Å². The van der Waals surface area contributed by atoms with Crippen molar-refractivity contribution in [1.82, 2.24) is 0 Å². The highest BCUT2D eigenvalue weighted by Crippen LogP contribution is 2.58. The number of rotatable bonds is 3. The summed E-state index contributed by atoms with van der Waals surface area (Å²) in [6, 6.07) is 0. The Morgan fingerprint density at radius 1 is 1.33 bits per heavy atom. The molecule has 0 aromatic carbocycles. The van der Waals surface area contributed by atoms with Crippen LogP contribution in [0.25, 0.3) is 0 Å². The van der Waals surface area contributed by atoms with Gasteiger partial charge < -0.3 is 14.2 Å². The summed E-state index contributed by atoms with van der Waals surface area (Å²) < 4.78 is 16.7. The summed E-state index contributed by atoms with van der Waals surface area (Å²) in [5, 5.41) is 0. The minimum absolute atomic E-state index is 0.101. The molecule has 1 saturated heterocycles. The van der Waals surface area contributed by atoms with Crippen molar-refractivity contribution in [3.63, 3.8) is 0 Å². The summed E-state index contributed by atoms with van der Waals surface area (Å²) in [5.41, 5.74) is -0.263. The highest BCUT2D eigenvalue weighted by Gasteiger charge is 2.60. The fourth-order valence-corrected chi connectivity index (χ4v) is 4.62. The van der Waals surface area contributed by atoms with Gasteiger partial charge in [-0.3, -0.25) is 9.59 Å². The third kappa shape index (κ3) is 2.30. The number of hydrogen-bond donors (Lipinski definition) is 0. The Morgan fingerprint density at radius 2 is 2.05 bits per heavy atom. The molecule has 0 N–H and O–H groups in total. The third-order valence-corrected chi connectivity index (χ3v) is 5.84. The summed E-state index contributed by atoms with van der Waals surface area (Å²) in [4.78, 5) is 23.8. The van der Waals surface area contributed by atoms with Crippen LogP contribution in [-0.4, -0.2) is 37.9 Å². The van der Waals surface area contributed by atoms with Crippen molar-refractivity contribution < 1.29 is 23.8 Å². The lowest BCUT2D eigenvalue weighted by atomic mass is 9.60. The first-order valence-corrected chi connectivity index (χ1v) is 7.90. The molecule has 0 aromatic rings. The maximum absolute atomic E-state index is 12.3. The van der Waals surface area contributed by atoms with Crippen LogP contribution >= 0.6 is 0 Å². The zero-order chi connectivity index (χ0) is 15.1. The predicted molar refractivity (Wildman–Crippen MR) is 74.4 cm³/mol. The zero-order valence-corrected chi connectivity index (χ0v) is 12.9. The number of hydrogen-bond acceptors (Lipinski definition) is 5. The van der Waals surface area contributed by atoms with E-state index in [-0.39, 0.29) is 23.2 Å². The lowest BCUT2D eigenvalue weighted by Gasteiger charge is -2.49. The SMILES string of the molecule is COC(=O)CC[C@H]1[C@@H]2CCC(=O)[C@@]2(C)CCC12OCCO2. The van der Waals surface area contributed by atoms with E-state index in [0.717, 1.165) is 19.3 Å². The molecule has 3 aliphatic rings. The van der Waals surface area contributed by atoms with Crippen molar-refractivity contribution in [3.8, 4) is 0 Å². The van der Waals surface area contributed by atoms with Gasteiger partial charge in [0, 0.05) is 30.6 Å². The Kier molecular flexibility index (Phi) is 3.82. The zero-order valence-electron chi connectivity index (χ0n) is 12.9. The molecular formula is C16H24O5. The molecule has 0 radical (unpaired) electrons. The molecule has 21 heavy (non-hydrogen) atoms. The first-order chi connectivity index (χ1) is 10.0. The third-order valence-electron chi connectivity index (χ3n) is 5.84. The quantitative estimate of drug-likeness (QED) is 0.746. The lowest BCUT2D eigenvalue weighted by Crippen LogP contribution is -2.52. The molecule has 0 bridgehead atoms. The van der Waals surface area contributed by atoms with Gasteiger partial charge in [0.05, 0.1) is 20.3 Å². The number of methoxy groups -OCH3 is 1. The van der Waals surface area contributed by atoms with Gasteiger partial charge in [0.1, 0.15) is 5.78 Å². The fraction of sp³-hybridized carbons (Fsp3) is 0.875. The van der Waals surface area contributed by atoms with Crippen LogP contribution in [-0.2, 0) is 23.8 Å². The average molecular weight is 296 g/mol. The average Bonchev–Trinajstić information content (AvgIpc) is 3.06. The van der Waals surface area contributed by atoms with Gasteiger partial charge in [0.2, 0.25) is 0 Å². The predicted octanol–water partition coefficient (Wildman–Crippen LogP) is 2.08. The molecule has 0 amide bonds. The first kappa shape index (κ1) is 15.0. The second-order valence-corrected chi connectivity index (χ2v) is 6.72. The minimum atomic E-state index is -0.581. The van der Waals surface area contributed by atoms with Crippen LogP contribution in [0.3, 0.4) is 0 Å². The van der Waals surface area contributed by atoms with E-state index < -0.39 is 5.79 Å². The van der Waals surface area contributed by atoms with Crippen molar-refractivity contribution in [2.24, 2.45) is 17.3 Å². The van der Waals surface area contributed by atoms with Gasteiger partial charge in [-0.1, -0.05) is 6.92 Å². The highest BCUT2D eigenvalue weighted by molar-refractivity contribution is 5.87. The van der Waals surface area contributed by atoms with Crippen LogP contribution in [0.15, 0.2) is 0 Å². The number of ether oxygens (including phenoxy) is 3. The topological polar surface area (TPSA) is 61.8 Å².